The van der Waals surface area contributed by atoms with Crippen molar-refractivity contribution >= 4 is 34.7 Å². The van der Waals surface area contributed by atoms with E-state index in [-0.39, 0.29) is 6.61 Å². The van der Waals surface area contributed by atoms with Gasteiger partial charge >= 0.3 is 0 Å². The molecular weight excluding hydrogens is 442 g/mol. The molecule has 0 aliphatic carbocycles. The van der Waals surface area contributed by atoms with Gasteiger partial charge in [0.1, 0.15) is 23.1 Å². The van der Waals surface area contributed by atoms with Crippen LogP contribution in [0.15, 0.2) is 48.9 Å². The number of piperidine rings is 1. The van der Waals surface area contributed by atoms with Gasteiger partial charge in [-0.1, -0.05) is 0 Å². The largest absolute Gasteiger partial charge is 0.395 e. The molecule has 1 aliphatic rings. The highest BCUT2D eigenvalue weighted by molar-refractivity contribution is 5.65. The van der Waals surface area contributed by atoms with Crippen LogP contribution in [-0.2, 0) is 0 Å². The first-order valence-corrected chi connectivity index (χ1v) is 12.0. The highest BCUT2D eigenvalue weighted by Gasteiger charge is 2.21. The van der Waals surface area contributed by atoms with Gasteiger partial charge in [-0.05, 0) is 50.5 Å². The molecule has 4 aromatic rings. The van der Waals surface area contributed by atoms with E-state index in [0.29, 0.717) is 24.4 Å². The number of hydrogen-bond acceptors (Lipinski definition) is 9. The smallest absolute Gasteiger partial charge is 0.232 e. The van der Waals surface area contributed by atoms with Crippen LogP contribution in [0.5, 0.6) is 0 Å². The fourth-order valence-electron chi connectivity index (χ4n) is 4.45. The second kappa shape index (κ2) is 10.2. The third-order valence-electron chi connectivity index (χ3n) is 6.08. The van der Waals surface area contributed by atoms with Gasteiger partial charge in [-0.25, -0.2) is 9.97 Å². The van der Waals surface area contributed by atoms with Gasteiger partial charge in [0.05, 0.1) is 6.61 Å². The van der Waals surface area contributed by atoms with Crippen LogP contribution in [0.1, 0.15) is 24.1 Å². The number of imidazole rings is 1. The van der Waals surface area contributed by atoms with Gasteiger partial charge < -0.3 is 30.4 Å². The number of hydrogen-bond donors (Lipinski definition) is 4. The van der Waals surface area contributed by atoms with Crippen LogP contribution in [0.4, 0.5) is 29.1 Å². The van der Waals surface area contributed by atoms with Crippen molar-refractivity contribution in [2.45, 2.75) is 32.7 Å². The van der Waals surface area contributed by atoms with Gasteiger partial charge in [0, 0.05) is 67.8 Å². The first-order chi connectivity index (χ1) is 17.1. The molecule has 0 radical (unpaired) electrons. The van der Waals surface area contributed by atoms with Crippen molar-refractivity contribution < 1.29 is 5.11 Å². The molecule has 0 spiro atoms. The Kier molecular flexibility index (Phi) is 6.73. The predicted molar refractivity (Wildman–Crippen MR) is 138 cm³/mol. The average Bonchev–Trinajstić information content (AvgIpc) is 3.30. The summed E-state index contributed by atoms with van der Waals surface area (Å²) in [6, 6.07) is 10.4. The van der Waals surface area contributed by atoms with E-state index < -0.39 is 0 Å². The number of nitrogens with one attached hydrogen (secondary N) is 3. The zero-order valence-electron chi connectivity index (χ0n) is 20.1. The van der Waals surface area contributed by atoms with Gasteiger partial charge in [0.15, 0.2) is 0 Å². The second-order valence-corrected chi connectivity index (χ2v) is 8.90. The monoisotopic (exact) mass is 473 g/mol. The van der Waals surface area contributed by atoms with Gasteiger partial charge in [-0.15, -0.1) is 0 Å². The highest BCUT2D eigenvalue weighted by atomic mass is 16.3. The Labute approximate surface area is 204 Å². The lowest BCUT2D eigenvalue weighted by molar-refractivity contribution is 0.277. The third kappa shape index (κ3) is 5.67. The SMILES string of the molecule is Cc1cc(C)nc(Nc2nc(Nc3ccn4ccnc4c3)cc(N3CCC(NCCO)CC3)n2)c1. The summed E-state index contributed by atoms with van der Waals surface area (Å²) in [5.41, 5.74) is 3.82. The molecule has 0 saturated carbocycles. The van der Waals surface area contributed by atoms with E-state index in [9.17, 15) is 0 Å². The molecule has 5 heterocycles. The molecule has 0 amide bonds. The molecule has 1 aliphatic heterocycles. The molecule has 1 saturated heterocycles. The Morgan fingerprint density at radius 1 is 0.971 bits per heavy atom. The van der Waals surface area contributed by atoms with Crippen molar-refractivity contribution in [3.63, 3.8) is 0 Å². The Hall–Kier alpha value is -3.76. The van der Waals surface area contributed by atoms with E-state index in [1.165, 1.54) is 0 Å². The lowest BCUT2D eigenvalue weighted by Gasteiger charge is -2.33. The Morgan fingerprint density at radius 3 is 2.60 bits per heavy atom. The molecule has 0 aromatic carbocycles. The summed E-state index contributed by atoms with van der Waals surface area (Å²) in [4.78, 5) is 20.8. The molecule has 4 N–H and O–H groups in total. The topological polar surface area (TPSA) is 116 Å². The van der Waals surface area contributed by atoms with E-state index in [1.807, 2.05) is 61.0 Å². The average molecular weight is 474 g/mol. The number of aliphatic hydroxyl groups excluding tert-OH is 1. The number of pyridine rings is 2. The maximum Gasteiger partial charge on any atom is 0.232 e. The maximum absolute atomic E-state index is 9.10. The number of nitrogens with zero attached hydrogens (tertiary/aromatic N) is 6. The fourth-order valence-corrected chi connectivity index (χ4v) is 4.45. The number of anilines is 5. The summed E-state index contributed by atoms with van der Waals surface area (Å²) in [6.07, 6.45) is 7.64. The summed E-state index contributed by atoms with van der Waals surface area (Å²) in [5, 5.41) is 19.2. The fraction of sp³-hybridized carbons (Fsp3) is 0.360. The number of aromatic nitrogens is 5. The quantitative estimate of drug-likeness (QED) is 0.306. The molecule has 0 bridgehead atoms. The maximum atomic E-state index is 9.10. The molecule has 4 aromatic heterocycles. The summed E-state index contributed by atoms with van der Waals surface area (Å²) in [6.45, 7) is 6.56. The van der Waals surface area contributed by atoms with Crippen LogP contribution in [0, 0.1) is 13.8 Å². The number of rotatable bonds is 8. The zero-order valence-corrected chi connectivity index (χ0v) is 20.1. The van der Waals surface area contributed by atoms with Crippen LogP contribution in [-0.4, -0.2) is 61.7 Å². The van der Waals surface area contributed by atoms with E-state index in [1.54, 1.807) is 6.20 Å². The minimum Gasteiger partial charge on any atom is -0.395 e. The Balaban J connectivity index is 1.41. The lowest BCUT2D eigenvalue weighted by Crippen LogP contribution is -2.43. The molecule has 0 atom stereocenters. The van der Waals surface area contributed by atoms with Crippen LogP contribution in [0.2, 0.25) is 0 Å². The van der Waals surface area contributed by atoms with Gasteiger partial charge in [-0.3, -0.25) is 0 Å². The summed E-state index contributed by atoms with van der Waals surface area (Å²) >= 11 is 0. The van der Waals surface area contributed by atoms with E-state index in [0.717, 1.165) is 60.2 Å². The van der Waals surface area contributed by atoms with Crippen LogP contribution in [0.3, 0.4) is 0 Å². The minimum atomic E-state index is 0.160. The van der Waals surface area contributed by atoms with Crippen molar-refractivity contribution in [2.75, 3.05) is 41.8 Å². The Morgan fingerprint density at radius 2 is 1.80 bits per heavy atom. The molecular formula is C25H31N9O. The highest BCUT2D eigenvalue weighted by Crippen LogP contribution is 2.26. The number of aliphatic hydroxyl groups is 1. The lowest BCUT2D eigenvalue weighted by atomic mass is 10.1. The number of aryl methyl sites for hydroxylation is 2. The summed E-state index contributed by atoms with van der Waals surface area (Å²) in [5.74, 6) is 2.76. The molecule has 5 rings (SSSR count). The van der Waals surface area contributed by atoms with Crippen molar-refractivity contribution in [3.05, 3.63) is 60.2 Å². The molecule has 1 fully saturated rings. The van der Waals surface area contributed by atoms with Gasteiger partial charge in [0.2, 0.25) is 5.95 Å². The van der Waals surface area contributed by atoms with E-state index in [2.05, 4.69) is 30.8 Å². The molecule has 35 heavy (non-hydrogen) atoms. The van der Waals surface area contributed by atoms with Crippen LogP contribution in [0.25, 0.3) is 5.65 Å². The minimum absolute atomic E-state index is 0.160. The van der Waals surface area contributed by atoms with Gasteiger partial charge in [0.25, 0.3) is 0 Å². The first-order valence-electron chi connectivity index (χ1n) is 12.0. The second-order valence-electron chi connectivity index (χ2n) is 8.90. The summed E-state index contributed by atoms with van der Waals surface area (Å²) in [7, 11) is 0. The van der Waals surface area contributed by atoms with E-state index in [4.69, 9.17) is 15.1 Å². The standard InChI is InChI=1S/C25H31N9O/c1-17-13-18(2)28-21(14-17)30-25-31-22(29-20-5-10-34-11-6-27-23(34)15-20)16-24(32-25)33-8-3-19(4-9-33)26-7-12-35/h5-6,10-11,13-16,19,26,35H,3-4,7-9,12H2,1-2H3,(H2,28,29,30,31,32). The van der Waals surface area contributed by atoms with Crippen LogP contribution < -0.4 is 20.9 Å². The zero-order chi connectivity index (χ0) is 24.2. The van der Waals surface area contributed by atoms with Crippen molar-refractivity contribution in [2.24, 2.45) is 0 Å². The van der Waals surface area contributed by atoms with Gasteiger partial charge in [-0.2, -0.15) is 9.97 Å². The predicted octanol–water partition coefficient (Wildman–Crippen LogP) is 3.17. The third-order valence-corrected chi connectivity index (χ3v) is 6.08. The van der Waals surface area contributed by atoms with Crippen molar-refractivity contribution in [3.8, 4) is 0 Å². The van der Waals surface area contributed by atoms with Crippen LogP contribution >= 0.6 is 0 Å². The molecule has 0 unspecified atom stereocenters. The molecule has 182 valence electrons. The summed E-state index contributed by atoms with van der Waals surface area (Å²) < 4.78 is 1.96. The Bertz CT molecular complexity index is 1280. The number of fused-ring (bicyclic) bond motifs is 1. The van der Waals surface area contributed by atoms with E-state index >= 15 is 0 Å². The van der Waals surface area contributed by atoms with Crippen molar-refractivity contribution in [1.29, 1.82) is 0 Å². The normalized spacial score (nSPS) is 14.4. The molecule has 10 nitrogen and oxygen atoms in total. The van der Waals surface area contributed by atoms with Crippen molar-refractivity contribution in [1.82, 2.24) is 29.7 Å². The first kappa shape index (κ1) is 23.0. The molecule has 10 heteroatoms.